The molecule has 2 amide bonds. The fourth-order valence-electron chi connectivity index (χ4n) is 3.92. The second-order valence-electron chi connectivity index (χ2n) is 8.33. The zero-order valence-electron chi connectivity index (χ0n) is 18.8. The lowest BCUT2D eigenvalue weighted by Crippen LogP contribution is -2.43. The van der Waals surface area contributed by atoms with E-state index in [-0.39, 0.29) is 43.1 Å². The van der Waals surface area contributed by atoms with Crippen molar-refractivity contribution in [2.75, 3.05) is 36.9 Å². The predicted octanol–water partition coefficient (Wildman–Crippen LogP) is 4.24. The van der Waals surface area contributed by atoms with E-state index < -0.39 is 22.4 Å². The molecule has 0 atom stereocenters. The number of nitrogens with zero attached hydrogens (tertiary/aromatic N) is 3. The second-order valence-corrected chi connectivity index (χ2v) is 8.33. The molecule has 3 rings (SSSR count). The van der Waals surface area contributed by atoms with Gasteiger partial charge in [-0.25, -0.2) is 0 Å². The molecular weight excluding hydrogens is 453 g/mol. The largest absolute Gasteiger partial charge is 0.416 e. The number of carbonyl (C=O) groups excluding carboxylic acids is 2. The van der Waals surface area contributed by atoms with Crippen molar-refractivity contribution in [2.45, 2.75) is 25.9 Å². The number of hydrogen-bond acceptors (Lipinski definition) is 5. The summed E-state index contributed by atoms with van der Waals surface area (Å²) in [6.07, 6.45) is -3.96. The fourth-order valence-corrected chi connectivity index (χ4v) is 3.92. The van der Waals surface area contributed by atoms with Gasteiger partial charge in [-0.3, -0.25) is 19.7 Å². The minimum atomic E-state index is -4.68. The molecule has 1 N–H and O–H groups in total. The van der Waals surface area contributed by atoms with E-state index in [4.69, 9.17) is 0 Å². The monoisotopic (exact) mass is 478 g/mol. The van der Waals surface area contributed by atoms with Crippen LogP contribution in [-0.2, 0) is 15.8 Å². The van der Waals surface area contributed by atoms with Crippen LogP contribution < -0.4 is 10.2 Å². The highest BCUT2D eigenvalue weighted by Gasteiger charge is 2.35. The third-order valence-electron chi connectivity index (χ3n) is 5.78. The fraction of sp³-hybridized carbons (Fsp3) is 0.391. The third-order valence-corrected chi connectivity index (χ3v) is 5.78. The third kappa shape index (κ3) is 6.03. The topological polar surface area (TPSA) is 95.8 Å². The highest BCUT2D eigenvalue weighted by Crippen LogP contribution is 2.37. The van der Waals surface area contributed by atoms with Gasteiger partial charge in [0.25, 0.3) is 5.69 Å². The molecule has 0 spiro atoms. The maximum atomic E-state index is 12.9. The minimum absolute atomic E-state index is 0.0923. The number of aryl methyl sites for hydroxylation is 1. The molecule has 1 aliphatic heterocycles. The molecular formula is C23H25F3N4O4. The number of hydrogen-bond donors (Lipinski definition) is 1. The summed E-state index contributed by atoms with van der Waals surface area (Å²) >= 11 is 0. The van der Waals surface area contributed by atoms with Gasteiger partial charge in [0.15, 0.2) is 0 Å². The van der Waals surface area contributed by atoms with Crippen LogP contribution in [0, 0.1) is 23.0 Å². The number of nitro groups is 1. The van der Waals surface area contributed by atoms with Crippen LogP contribution in [0.3, 0.4) is 0 Å². The summed E-state index contributed by atoms with van der Waals surface area (Å²) in [5, 5.41) is 14.1. The highest BCUT2D eigenvalue weighted by molar-refractivity contribution is 5.94. The Balaban J connectivity index is 1.58. The molecule has 0 aliphatic carbocycles. The summed E-state index contributed by atoms with van der Waals surface area (Å²) in [4.78, 5) is 38.6. The van der Waals surface area contributed by atoms with Crippen molar-refractivity contribution in [3.05, 3.63) is 63.7 Å². The lowest BCUT2D eigenvalue weighted by Gasteiger charge is -2.34. The number of nitro benzene ring substituents is 1. The average Bonchev–Trinajstić information content (AvgIpc) is 2.79. The zero-order valence-corrected chi connectivity index (χ0v) is 18.8. The lowest BCUT2D eigenvalue weighted by molar-refractivity contribution is -0.384. The molecule has 0 saturated carbocycles. The van der Waals surface area contributed by atoms with E-state index in [2.05, 4.69) is 5.32 Å². The van der Waals surface area contributed by atoms with Crippen LogP contribution in [0.15, 0.2) is 42.5 Å². The number of anilines is 2. The van der Waals surface area contributed by atoms with E-state index in [9.17, 15) is 32.9 Å². The molecule has 1 aliphatic rings. The van der Waals surface area contributed by atoms with Crippen molar-refractivity contribution in [3.63, 3.8) is 0 Å². The van der Waals surface area contributed by atoms with Gasteiger partial charge >= 0.3 is 6.18 Å². The Morgan fingerprint density at radius 3 is 2.32 bits per heavy atom. The molecule has 0 radical (unpaired) electrons. The summed E-state index contributed by atoms with van der Waals surface area (Å²) in [7, 11) is 1.53. The Morgan fingerprint density at radius 1 is 1.15 bits per heavy atom. The van der Waals surface area contributed by atoms with E-state index >= 15 is 0 Å². The van der Waals surface area contributed by atoms with Crippen molar-refractivity contribution in [1.82, 2.24) is 4.90 Å². The van der Waals surface area contributed by atoms with Crippen LogP contribution in [0.4, 0.5) is 30.2 Å². The summed E-state index contributed by atoms with van der Waals surface area (Å²) in [6, 6.07) is 9.71. The van der Waals surface area contributed by atoms with Crippen LogP contribution in [0.1, 0.15) is 24.0 Å². The van der Waals surface area contributed by atoms with Gasteiger partial charge in [0, 0.05) is 37.8 Å². The first-order valence-corrected chi connectivity index (χ1v) is 10.7. The molecule has 2 aromatic rings. The van der Waals surface area contributed by atoms with Crippen LogP contribution in [0.2, 0.25) is 0 Å². The van der Waals surface area contributed by atoms with E-state index in [1.54, 1.807) is 17.0 Å². The first-order chi connectivity index (χ1) is 16.0. The zero-order chi connectivity index (χ0) is 25.0. The Labute approximate surface area is 194 Å². The number of carbonyl (C=O) groups is 2. The van der Waals surface area contributed by atoms with E-state index in [1.165, 1.54) is 11.9 Å². The Hall–Kier alpha value is -3.63. The van der Waals surface area contributed by atoms with Gasteiger partial charge < -0.3 is 15.1 Å². The Morgan fingerprint density at radius 2 is 1.76 bits per heavy atom. The second kappa shape index (κ2) is 10.1. The Kier molecular flexibility index (Phi) is 7.43. The van der Waals surface area contributed by atoms with Crippen molar-refractivity contribution >= 4 is 28.9 Å². The molecule has 34 heavy (non-hydrogen) atoms. The van der Waals surface area contributed by atoms with Gasteiger partial charge in [0.05, 0.1) is 17.0 Å². The number of rotatable bonds is 6. The molecule has 0 bridgehead atoms. The van der Waals surface area contributed by atoms with Crippen LogP contribution in [0.25, 0.3) is 0 Å². The molecule has 0 unspecified atom stereocenters. The SMILES string of the molecule is Cc1ccc(NC(=O)CN(C)C(=O)C2CCN(c3ccc(C(F)(F)F)cc3[N+](=O)[O-])CC2)cc1. The number of halogens is 3. The maximum absolute atomic E-state index is 12.9. The van der Waals surface area contributed by atoms with Crippen molar-refractivity contribution in [2.24, 2.45) is 5.92 Å². The van der Waals surface area contributed by atoms with Crippen molar-refractivity contribution in [1.29, 1.82) is 0 Å². The first kappa shape index (κ1) is 25.0. The van der Waals surface area contributed by atoms with Gasteiger partial charge in [-0.2, -0.15) is 13.2 Å². The number of benzene rings is 2. The molecule has 0 aromatic heterocycles. The summed E-state index contributed by atoms with van der Waals surface area (Å²) in [5.74, 6) is -0.944. The first-order valence-electron chi connectivity index (χ1n) is 10.7. The summed E-state index contributed by atoms with van der Waals surface area (Å²) in [5.41, 5.74) is 0.0685. The molecule has 182 valence electrons. The molecule has 2 aromatic carbocycles. The maximum Gasteiger partial charge on any atom is 0.416 e. The Bertz CT molecular complexity index is 1060. The van der Waals surface area contributed by atoms with Gasteiger partial charge in [0.1, 0.15) is 5.69 Å². The van der Waals surface area contributed by atoms with Crippen molar-refractivity contribution < 1.29 is 27.7 Å². The number of nitrogens with one attached hydrogen (secondary N) is 1. The highest BCUT2D eigenvalue weighted by atomic mass is 19.4. The predicted molar refractivity (Wildman–Crippen MR) is 120 cm³/mol. The van der Waals surface area contributed by atoms with Crippen LogP contribution >= 0.6 is 0 Å². The summed E-state index contributed by atoms with van der Waals surface area (Å²) < 4.78 is 38.8. The molecule has 1 heterocycles. The summed E-state index contributed by atoms with van der Waals surface area (Å²) in [6.45, 7) is 2.34. The quantitative estimate of drug-likeness (QED) is 0.495. The molecule has 1 fully saturated rings. The molecule has 11 heteroatoms. The van der Waals surface area contributed by atoms with E-state index in [0.29, 0.717) is 24.6 Å². The number of likely N-dealkylation sites (N-methyl/N-ethyl adjacent to an activating group) is 1. The number of piperidine rings is 1. The normalized spacial score (nSPS) is 14.6. The van der Waals surface area contributed by atoms with E-state index in [1.807, 2.05) is 19.1 Å². The van der Waals surface area contributed by atoms with Gasteiger partial charge in [-0.15, -0.1) is 0 Å². The van der Waals surface area contributed by atoms with Crippen LogP contribution in [-0.4, -0.2) is 48.3 Å². The van der Waals surface area contributed by atoms with Crippen molar-refractivity contribution in [3.8, 4) is 0 Å². The lowest BCUT2D eigenvalue weighted by atomic mass is 9.94. The number of alkyl halides is 3. The van der Waals surface area contributed by atoms with Gasteiger partial charge in [0.2, 0.25) is 11.8 Å². The van der Waals surface area contributed by atoms with Gasteiger partial charge in [-0.05, 0) is 44.0 Å². The smallest absolute Gasteiger partial charge is 0.366 e. The van der Waals surface area contributed by atoms with Crippen LogP contribution in [0.5, 0.6) is 0 Å². The van der Waals surface area contributed by atoms with Gasteiger partial charge in [-0.1, -0.05) is 17.7 Å². The standard InChI is InChI=1S/C23H25F3N4O4/c1-15-3-6-18(7-4-15)27-21(31)14-28(2)22(32)16-9-11-29(12-10-16)19-8-5-17(23(24,25)26)13-20(19)30(33)34/h3-8,13,16H,9-12,14H2,1-2H3,(H,27,31). The minimum Gasteiger partial charge on any atom is -0.366 e. The number of amides is 2. The van der Waals surface area contributed by atoms with E-state index in [0.717, 1.165) is 17.7 Å². The molecule has 8 nitrogen and oxygen atoms in total. The molecule has 1 saturated heterocycles. The average molecular weight is 478 g/mol.